The van der Waals surface area contributed by atoms with Crippen LogP contribution in [0.1, 0.15) is 33.9 Å². The van der Waals surface area contributed by atoms with E-state index in [1.54, 1.807) is 24.3 Å². The predicted molar refractivity (Wildman–Crippen MR) is 171 cm³/mol. The Bertz CT molecular complexity index is 1680. The Hall–Kier alpha value is -3.73. The van der Waals surface area contributed by atoms with Crippen molar-refractivity contribution in [3.8, 4) is 0 Å². The van der Waals surface area contributed by atoms with Gasteiger partial charge in [-0.25, -0.2) is 0 Å². The van der Waals surface area contributed by atoms with Gasteiger partial charge in [0.15, 0.2) is 0 Å². The molecule has 0 radical (unpaired) electrons. The molecule has 9 nitrogen and oxygen atoms in total. The van der Waals surface area contributed by atoms with E-state index in [0.29, 0.717) is 4.46 Å². The number of H-pyrrole nitrogens is 1. The Balaban J connectivity index is 1.63. The van der Waals surface area contributed by atoms with Crippen molar-refractivity contribution in [2.75, 3.05) is 6.61 Å². The fraction of sp³-hybridized carbons (Fsp3) is 0.303. The monoisotopic (exact) mass is 680 g/mol. The zero-order valence-electron chi connectivity index (χ0n) is 25.0. The zero-order valence-corrected chi connectivity index (χ0v) is 27.8. The van der Waals surface area contributed by atoms with E-state index in [-0.39, 0.29) is 11.6 Å². The van der Waals surface area contributed by atoms with Crippen LogP contribution in [0.3, 0.4) is 0 Å². The second kappa shape index (κ2) is 13.1. The molecule has 0 bridgehead atoms. The molecule has 5 atom stereocenters. The van der Waals surface area contributed by atoms with E-state index in [9.17, 15) is 18.2 Å². The molecule has 4 aromatic rings. The second-order valence-electron chi connectivity index (χ2n) is 11.7. The van der Waals surface area contributed by atoms with Crippen molar-refractivity contribution in [1.82, 2.24) is 9.55 Å². The average Bonchev–Trinajstić information content (AvgIpc) is 3.34. The molecule has 0 saturated carbocycles. The van der Waals surface area contributed by atoms with E-state index in [0.717, 1.165) is 10.4 Å². The van der Waals surface area contributed by atoms with Crippen LogP contribution in [0, 0.1) is 0 Å². The minimum atomic E-state index is -3.03. The molecule has 5 rings (SSSR count). The first-order chi connectivity index (χ1) is 21.0. The first-order valence-corrected chi connectivity index (χ1v) is 18.8. The summed E-state index contributed by atoms with van der Waals surface area (Å²) in [6.07, 6.45) is -1.73. The molecule has 1 aliphatic heterocycles. The van der Waals surface area contributed by atoms with Crippen molar-refractivity contribution in [2.24, 2.45) is 0 Å². The first kappa shape index (κ1) is 31.7. The molecule has 0 aliphatic carbocycles. The van der Waals surface area contributed by atoms with E-state index in [1.807, 2.05) is 42.5 Å². The summed E-state index contributed by atoms with van der Waals surface area (Å²) in [5.74, 6) is -0.605. The molecule has 1 aromatic heterocycles. The summed E-state index contributed by atoms with van der Waals surface area (Å²) in [6, 6.07) is 30.4. The number of rotatable bonds is 9. The molecule has 3 aromatic carbocycles. The summed E-state index contributed by atoms with van der Waals surface area (Å²) in [5, 5.41) is 1.80. The van der Waals surface area contributed by atoms with E-state index in [2.05, 4.69) is 50.0 Å². The SMILES string of the molecule is CC(=O)O[C@H]1[C@H]([Se](=O)c2ccccc2)[C@@H](CO[Si](c2ccccc2)(c2ccccc2)C(C)(C)C)O[C@H]1n1ccc(=O)[nH]c1=O. The van der Waals surface area contributed by atoms with Gasteiger partial charge in [-0.05, 0) is 0 Å². The molecule has 0 amide bonds. The molecule has 230 valence electrons. The van der Waals surface area contributed by atoms with Crippen molar-refractivity contribution in [1.29, 1.82) is 0 Å². The number of benzene rings is 3. The summed E-state index contributed by atoms with van der Waals surface area (Å²) in [4.78, 5) is 38.6. The van der Waals surface area contributed by atoms with E-state index >= 15 is 0 Å². The van der Waals surface area contributed by atoms with Crippen LogP contribution in [0.4, 0.5) is 0 Å². The number of carbonyl (C=O) groups is 1. The maximum atomic E-state index is 14.4. The Morgan fingerprint density at radius 2 is 1.45 bits per heavy atom. The quantitative estimate of drug-likeness (QED) is 0.214. The topological polar surface area (TPSA) is 117 Å². The van der Waals surface area contributed by atoms with Crippen molar-refractivity contribution in [3.05, 3.63) is 124 Å². The molecule has 2 heterocycles. The predicted octanol–water partition coefficient (Wildman–Crippen LogP) is 2.64. The van der Waals surface area contributed by atoms with Gasteiger partial charge >= 0.3 is 262 Å². The van der Waals surface area contributed by atoms with Crippen LogP contribution in [0.2, 0.25) is 9.85 Å². The summed E-state index contributed by atoms with van der Waals surface area (Å²) in [6.45, 7) is 7.76. The summed E-state index contributed by atoms with van der Waals surface area (Å²) in [7, 11) is -3.03. The number of ether oxygens (including phenoxy) is 2. The molecular weight excluding hydrogens is 643 g/mol. The first-order valence-electron chi connectivity index (χ1n) is 14.4. The van der Waals surface area contributed by atoms with Crippen LogP contribution >= 0.6 is 0 Å². The van der Waals surface area contributed by atoms with Crippen molar-refractivity contribution >= 4 is 43.0 Å². The van der Waals surface area contributed by atoms with Crippen molar-refractivity contribution < 1.29 is 22.5 Å². The van der Waals surface area contributed by atoms with Gasteiger partial charge in [0, 0.05) is 0 Å². The van der Waals surface area contributed by atoms with Gasteiger partial charge in [0.05, 0.1) is 0 Å². The normalized spacial score (nSPS) is 21.1. The van der Waals surface area contributed by atoms with Crippen LogP contribution in [0.15, 0.2) is 113 Å². The number of nitrogens with zero attached hydrogens (tertiary/aromatic N) is 1. The molecule has 1 N–H and O–H groups in total. The zero-order chi connectivity index (χ0) is 31.5. The number of esters is 1. The third-order valence-electron chi connectivity index (χ3n) is 7.82. The molecular formula is C33H36N2O7SeSi. The van der Waals surface area contributed by atoms with Gasteiger partial charge < -0.3 is 0 Å². The van der Waals surface area contributed by atoms with Gasteiger partial charge in [-0.2, -0.15) is 0 Å². The molecule has 1 aliphatic rings. The third-order valence-corrected chi connectivity index (χ3v) is 16.6. The van der Waals surface area contributed by atoms with E-state index in [1.165, 1.54) is 23.8 Å². The van der Waals surface area contributed by atoms with Gasteiger partial charge in [-0.15, -0.1) is 0 Å². The summed E-state index contributed by atoms with van der Waals surface area (Å²) < 4.78 is 35.6. The van der Waals surface area contributed by atoms with Gasteiger partial charge in [-0.3, -0.25) is 0 Å². The van der Waals surface area contributed by atoms with Crippen LogP contribution in [0.25, 0.3) is 0 Å². The van der Waals surface area contributed by atoms with Crippen LogP contribution in [0.5, 0.6) is 0 Å². The number of aromatic nitrogens is 2. The molecule has 1 saturated heterocycles. The van der Waals surface area contributed by atoms with Gasteiger partial charge in [-0.1, -0.05) is 0 Å². The Labute approximate surface area is 261 Å². The average molecular weight is 680 g/mol. The van der Waals surface area contributed by atoms with Crippen LogP contribution < -0.4 is 26.1 Å². The van der Waals surface area contributed by atoms with Crippen molar-refractivity contribution in [3.63, 3.8) is 0 Å². The minimum absolute atomic E-state index is 0.0272. The van der Waals surface area contributed by atoms with Crippen LogP contribution in [-0.2, 0) is 22.5 Å². The fourth-order valence-electron chi connectivity index (χ4n) is 5.95. The number of carbonyl (C=O) groups excluding carboxylic acids is 1. The van der Waals surface area contributed by atoms with Gasteiger partial charge in [0.1, 0.15) is 0 Å². The molecule has 1 fully saturated rings. The maximum absolute atomic E-state index is 14.4. The number of aromatic amines is 1. The standard InChI is InChI=1S/C33H36N2O7SeSi/c1-23(36)41-29-30(43(39)24-14-8-5-9-15-24)27(42-31(29)35-21-20-28(37)34-32(35)38)22-40-44(33(2,3)4,25-16-10-6-11-17-25)26-18-12-7-13-19-26/h5-21,27,29-31H,22H2,1-4H3,(H,34,37,38)/t27-,29+,30-,31-,43?/m1/s1. The van der Waals surface area contributed by atoms with Gasteiger partial charge in [0.25, 0.3) is 0 Å². The molecule has 1 unspecified atom stereocenters. The van der Waals surface area contributed by atoms with Crippen molar-refractivity contribution in [2.45, 2.75) is 56.0 Å². The van der Waals surface area contributed by atoms with Gasteiger partial charge in [0.2, 0.25) is 0 Å². The number of nitrogens with one attached hydrogen (secondary N) is 1. The Morgan fingerprint density at radius 1 is 0.909 bits per heavy atom. The third kappa shape index (κ3) is 6.24. The Morgan fingerprint density at radius 3 is 1.95 bits per heavy atom. The second-order valence-corrected chi connectivity index (χ2v) is 19.4. The summed E-state index contributed by atoms with van der Waals surface area (Å²) in [5.41, 5.74) is -1.30. The van der Waals surface area contributed by atoms with Crippen LogP contribution in [-0.4, -0.2) is 56.5 Å². The molecule has 0 spiro atoms. The molecule has 44 heavy (non-hydrogen) atoms. The Kier molecular flexibility index (Phi) is 9.43. The molecule has 11 heteroatoms. The number of hydrogen-bond acceptors (Lipinski definition) is 7. The van der Waals surface area contributed by atoms with E-state index < -0.39 is 62.6 Å². The van der Waals surface area contributed by atoms with E-state index in [4.69, 9.17) is 13.9 Å². The fourth-order valence-corrected chi connectivity index (χ4v) is 13.9. The summed E-state index contributed by atoms with van der Waals surface area (Å²) >= 11 is -2.98. The number of hydrogen-bond donors (Lipinski definition) is 1.